The van der Waals surface area contributed by atoms with Crippen LogP contribution in [0.1, 0.15) is 5.56 Å². The lowest BCUT2D eigenvalue weighted by Gasteiger charge is -2.44. The molecule has 1 aromatic rings. The maximum Gasteiger partial charge on any atom is 0.186 e. The van der Waals surface area contributed by atoms with E-state index in [1.807, 2.05) is 30.3 Å². The summed E-state index contributed by atoms with van der Waals surface area (Å²) in [5.41, 5.74) is 0.998. The van der Waals surface area contributed by atoms with Crippen LogP contribution >= 0.6 is 0 Å². The van der Waals surface area contributed by atoms with Crippen LogP contribution < -0.4 is 0 Å². The summed E-state index contributed by atoms with van der Waals surface area (Å²) in [6.45, 7) is 0.170. The van der Waals surface area contributed by atoms with Gasteiger partial charge >= 0.3 is 0 Å². The van der Waals surface area contributed by atoms with Gasteiger partial charge in [0.05, 0.1) is 13.2 Å². The summed E-state index contributed by atoms with van der Waals surface area (Å²) in [5.74, 6) is 0. The third-order valence-corrected chi connectivity index (χ3v) is 4.05. The Hall–Kier alpha value is -1.10. The first-order chi connectivity index (χ1) is 12.7. The average Bonchev–Trinajstić information content (AvgIpc) is 2.69. The van der Waals surface area contributed by atoms with E-state index in [0.29, 0.717) is 6.61 Å². The fraction of sp³-hybridized carbons (Fsp3) is 0.667. The second kappa shape index (κ2) is 11.6. The van der Waals surface area contributed by atoms with Gasteiger partial charge in [-0.3, -0.25) is 0 Å². The van der Waals surface area contributed by atoms with Crippen LogP contribution in [0.25, 0.3) is 0 Å². The van der Waals surface area contributed by atoms with Crippen molar-refractivity contribution in [1.82, 2.24) is 0 Å². The van der Waals surface area contributed by atoms with Crippen molar-refractivity contribution in [3.05, 3.63) is 35.9 Å². The van der Waals surface area contributed by atoms with Gasteiger partial charge in [0.1, 0.15) is 38.0 Å². The molecule has 1 fully saturated rings. The average molecular weight is 372 g/mol. The maximum atomic E-state index is 9.76. The zero-order chi connectivity index (χ0) is 18.8. The molecule has 0 radical (unpaired) electrons. The van der Waals surface area contributed by atoms with Crippen molar-refractivity contribution in [2.45, 2.75) is 37.3 Å². The molecule has 2 rings (SSSR count). The van der Waals surface area contributed by atoms with Crippen molar-refractivity contribution in [3.8, 4) is 0 Å². The molecule has 0 aliphatic carbocycles. The standard InChI is InChI=1S/C18H28O8/c1-20-11-24-16-15(23-10-13-7-5-4-6-8-13)14(9-19)26-18(22-3)17(16)25-12-21-2/h4-8,14-19H,9-12H2,1-3H3/t14-,15-,16+,17-,18+/m1/s1. The monoisotopic (exact) mass is 372 g/mol. The topological polar surface area (TPSA) is 84.8 Å². The van der Waals surface area contributed by atoms with Gasteiger partial charge in [-0.2, -0.15) is 0 Å². The molecule has 0 saturated carbocycles. The third-order valence-electron chi connectivity index (χ3n) is 4.05. The molecule has 8 nitrogen and oxygen atoms in total. The number of aliphatic hydroxyl groups is 1. The Morgan fingerprint density at radius 1 is 0.885 bits per heavy atom. The first-order valence-corrected chi connectivity index (χ1v) is 8.40. The molecule has 148 valence electrons. The maximum absolute atomic E-state index is 9.76. The number of ether oxygens (including phenoxy) is 7. The summed E-state index contributed by atoms with van der Waals surface area (Å²) < 4.78 is 38.8. The SMILES string of the molecule is COCO[C@@H]1[C@@H](OCOC)[C@@H](OC)O[C@H](CO)[C@H]1OCc1ccccc1. The van der Waals surface area contributed by atoms with E-state index in [1.54, 1.807) is 0 Å². The van der Waals surface area contributed by atoms with Gasteiger partial charge in [-0.25, -0.2) is 0 Å². The molecule has 1 N–H and O–H groups in total. The number of methoxy groups -OCH3 is 3. The molecule has 0 bridgehead atoms. The van der Waals surface area contributed by atoms with Crippen LogP contribution in [0.3, 0.4) is 0 Å². The predicted octanol–water partition coefficient (Wildman–Crippen LogP) is 0.914. The molecule has 1 aromatic carbocycles. The Morgan fingerprint density at radius 3 is 2.12 bits per heavy atom. The molecule has 1 aliphatic rings. The molecule has 1 heterocycles. The van der Waals surface area contributed by atoms with Crippen molar-refractivity contribution >= 4 is 0 Å². The molecule has 0 spiro atoms. The zero-order valence-corrected chi connectivity index (χ0v) is 15.4. The summed E-state index contributed by atoms with van der Waals surface area (Å²) in [6, 6.07) is 9.72. The number of hydrogen-bond donors (Lipinski definition) is 1. The molecular weight excluding hydrogens is 344 g/mol. The number of benzene rings is 1. The van der Waals surface area contributed by atoms with E-state index < -0.39 is 30.7 Å². The van der Waals surface area contributed by atoms with Gasteiger partial charge in [-0.15, -0.1) is 0 Å². The van der Waals surface area contributed by atoms with E-state index in [1.165, 1.54) is 21.3 Å². The van der Waals surface area contributed by atoms with Crippen LogP contribution in [0, 0.1) is 0 Å². The van der Waals surface area contributed by atoms with Gasteiger partial charge in [0.25, 0.3) is 0 Å². The Morgan fingerprint density at radius 2 is 1.54 bits per heavy atom. The summed E-state index contributed by atoms with van der Waals surface area (Å²) in [7, 11) is 4.55. The highest BCUT2D eigenvalue weighted by molar-refractivity contribution is 5.13. The molecule has 26 heavy (non-hydrogen) atoms. The van der Waals surface area contributed by atoms with E-state index in [2.05, 4.69) is 0 Å². The quantitative estimate of drug-likeness (QED) is 0.574. The van der Waals surface area contributed by atoms with Crippen molar-refractivity contribution in [2.75, 3.05) is 41.5 Å². The smallest absolute Gasteiger partial charge is 0.186 e. The highest BCUT2D eigenvalue weighted by atomic mass is 16.7. The van der Waals surface area contributed by atoms with Crippen LogP contribution in [0.4, 0.5) is 0 Å². The van der Waals surface area contributed by atoms with Crippen LogP contribution in [-0.2, 0) is 39.8 Å². The fourth-order valence-corrected chi connectivity index (χ4v) is 2.84. The van der Waals surface area contributed by atoms with Crippen molar-refractivity contribution < 1.29 is 38.3 Å². The van der Waals surface area contributed by atoms with Gasteiger partial charge < -0.3 is 38.3 Å². The Labute approximate surface area is 153 Å². The van der Waals surface area contributed by atoms with Crippen molar-refractivity contribution in [2.24, 2.45) is 0 Å². The molecular formula is C18H28O8. The lowest BCUT2D eigenvalue weighted by molar-refractivity contribution is -0.332. The highest BCUT2D eigenvalue weighted by Crippen LogP contribution is 2.29. The van der Waals surface area contributed by atoms with Gasteiger partial charge in [0.15, 0.2) is 6.29 Å². The summed E-state index contributed by atoms with van der Waals surface area (Å²) in [6.07, 6.45) is -3.14. The first kappa shape index (κ1) is 21.2. The minimum absolute atomic E-state index is 0.0376. The van der Waals surface area contributed by atoms with E-state index in [9.17, 15) is 5.11 Å². The summed E-state index contributed by atoms with van der Waals surface area (Å²) in [5, 5.41) is 9.76. The molecule has 5 atom stereocenters. The number of rotatable bonds is 11. The third kappa shape index (κ3) is 5.70. The Bertz CT molecular complexity index is 485. The minimum Gasteiger partial charge on any atom is -0.394 e. The second-order valence-electron chi connectivity index (χ2n) is 5.80. The molecule has 0 aromatic heterocycles. The van der Waals surface area contributed by atoms with E-state index in [-0.39, 0.29) is 20.2 Å². The van der Waals surface area contributed by atoms with E-state index >= 15 is 0 Å². The second-order valence-corrected chi connectivity index (χ2v) is 5.80. The van der Waals surface area contributed by atoms with Gasteiger partial charge in [-0.05, 0) is 5.56 Å². The largest absolute Gasteiger partial charge is 0.394 e. The molecule has 8 heteroatoms. The summed E-state index contributed by atoms with van der Waals surface area (Å²) >= 11 is 0. The molecule has 1 saturated heterocycles. The molecule has 0 unspecified atom stereocenters. The predicted molar refractivity (Wildman–Crippen MR) is 91.3 cm³/mol. The number of aliphatic hydroxyl groups excluding tert-OH is 1. The van der Waals surface area contributed by atoms with Gasteiger partial charge in [0.2, 0.25) is 0 Å². The molecule has 1 aliphatic heterocycles. The van der Waals surface area contributed by atoms with Crippen LogP contribution in [0.15, 0.2) is 30.3 Å². The van der Waals surface area contributed by atoms with Crippen LogP contribution in [0.5, 0.6) is 0 Å². The van der Waals surface area contributed by atoms with E-state index in [4.69, 9.17) is 33.2 Å². The molecule has 0 amide bonds. The summed E-state index contributed by atoms with van der Waals surface area (Å²) in [4.78, 5) is 0. The van der Waals surface area contributed by atoms with Crippen LogP contribution in [-0.4, -0.2) is 77.3 Å². The Kier molecular flexibility index (Phi) is 9.44. The normalized spacial score (nSPS) is 29.0. The Balaban J connectivity index is 2.16. The van der Waals surface area contributed by atoms with Crippen molar-refractivity contribution in [3.63, 3.8) is 0 Å². The minimum atomic E-state index is -0.735. The lowest BCUT2D eigenvalue weighted by Crippen LogP contribution is -2.61. The number of hydrogen-bond acceptors (Lipinski definition) is 8. The fourth-order valence-electron chi connectivity index (χ4n) is 2.84. The zero-order valence-electron chi connectivity index (χ0n) is 15.4. The van der Waals surface area contributed by atoms with E-state index in [0.717, 1.165) is 5.56 Å². The van der Waals surface area contributed by atoms with Gasteiger partial charge in [-0.1, -0.05) is 30.3 Å². The van der Waals surface area contributed by atoms with Gasteiger partial charge in [0, 0.05) is 21.3 Å². The first-order valence-electron chi connectivity index (χ1n) is 8.40. The van der Waals surface area contributed by atoms with Crippen LogP contribution in [0.2, 0.25) is 0 Å². The lowest BCUT2D eigenvalue weighted by atomic mass is 9.98. The highest BCUT2D eigenvalue weighted by Gasteiger charge is 2.48. The van der Waals surface area contributed by atoms with Crippen molar-refractivity contribution in [1.29, 1.82) is 0 Å².